The van der Waals surface area contributed by atoms with E-state index in [1.54, 1.807) is 0 Å². The quantitative estimate of drug-likeness (QED) is 0.109. The van der Waals surface area contributed by atoms with E-state index in [1.807, 2.05) is 24.3 Å². The molecule has 37 heavy (non-hydrogen) atoms. The Hall–Kier alpha value is -3.37. The minimum Gasteiger partial charge on any atom is -0.488 e. The maximum atomic E-state index is 12.7. The number of halogens is 6. The Morgan fingerprint density at radius 3 is 1.24 bits per heavy atom. The normalized spacial score (nSPS) is 11.7. The van der Waals surface area contributed by atoms with Gasteiger partial charge in [0.2, 0.25) is 0 Å². The molecule has 0 heterocycles. The molecule has 0 aromatic heterocycles. The van der Waals surface area contributed by atoms with E-state index >= 15 is 0 Å². The molecule has 0 radical (unpaired) electrons. The predicted octanol–water partition coefficient (Wildman–Crippen LogP) is 6.27. The summed E-state index contributed by atoms with van der Waals surface area (Å²) in [5.74, 6) is -11.0. The number of rotatable bonds is 2. The number of carbonyl (C=O) groups is 2. The van der Waals surface area contributed by atoms with Crippen LogP contribution >= 0.6 is 0 Å². The first-order valence-electron chi connectivity index (χ1n) is 9.95. The molecule has 0 atom stereocenters. The predicted molar refractivity (Wildman–Crippen MR) is 116 cm³/mol. The summed E-state index contributed by atoms with van der Waals surface area (Å²) in [6.45, 7) is 2.03. The second-order valence-corrected chi connectivity index (χ2v) is 6.41. The van der Waals surface area contributed by atoms with Crippen molar-refractivity contribution in [2.75, 3.05) is 0 Å². The minimum absolute atomic E-state index is 0. The molecule has 0 saturated carbocycles. The Balaban J connectivity index is 0.000000502. The van der Waals surface area contributed by atoms with Crippen molar-refractivity contribution in [3.05, 3.63) is 108 Å². The van der Waals surface area contributed by atoms with Crippen LogP contribution in [0.3, 0.4) is 0 Å². The first-order chi connectivity index (χ1) is 17.0. The van der Waals surface area contributed by atoms with Crippen molar-refractivity contribution in [2.45, 2.75) is 26.7 Å². The Bertz CT molecular complexity index is 1060. The van der Waals surface area contributed by atoms with Gasteiger partial charge in [0, 0.05) is 37.1 Å². The van der Waals surface area contributed by atoms with Gasteiger partial charge in [0.1, 0.15) is 0 Å². The summed E-state index contributed by atoms with van der Waals surface area (Å²) < 4.78 is 83.2. The number of esters is 2. The van der Waals surface area contributed by atoms with Gasteiger partial charge in [-0.2, -0.15) is 12.2 Å². The second kappa shape index (κ2) is 18.0. The minimum atomic E-state index is -1.45. The number of hydrogen-bond donors (Lipinski definition) is 0. The molecule has 0 aliphatic heterocycles. The Morgan fingerprint density at radius 1 is 0.676 bits per heavy atom. The third-order valence-electron chi connectivity index (χ3n) is 3.49. The van der Waals surface area contributed by atoms with Gasteiger partial charge in [-0.1, -0.05) is 12.1 Å². The topological polar surface area (TPSA) is 52.6 Å². The monoisotopic (exact) mass is 556 g/mol. The molecule has 2 aliphatic rings. The third kappa shape index (κ3) is 14.1. The molecular weight excluding hydrogens is 538 g/mol. The molecule has 4 rings (SSSR count). The van der Waals surface area contributed by atoms with Crippen LogP contribution in [-0.4, -0.2) is 11.9 Å². The number of ether oxygens (including phenoxy) is 2. The molecule has 0 saturated heterocycles. The molecule has 0 bridgehead atoms. The summed E-state index contributed by atoms with van der Waals surface area (Å²) in [6, 6.07) is 3.75. The van der Waals surface area contributed by atoms with E-state index in [4.69, 9.17) is 0 Å². The van der Waals surface area contributed by atoms with Crippen molar-refractivity contribution in [2.24, 2.45) is 0 Å². The average molecular weight is 556 g/mol. The van der Waals surface area contributed by atoms with Gasteiger partial charge in [-0.25, -0.2) is 41.9 Å². The van der Waals surface area contributed by atoms with Crippen LogP contribution in [0.5, 0.6) is 11.5 Å². The van der Waals surface area contributed by atoms with Gasteiger partial charge in [-0.05, 0) is 0 Å². The molecule has 2 aromatic carbocycles. The first-order valence-corrected chi connectivity index (χ1v) is 9.95. The van der Waals surface area contributed by atoms with E-state index in [1.165, 1.54) is 12.1 Å². The number of allylic oxidation sites excluding steroid dienone is 8. The summed E-state index contributed by atoms with van der Waals surface area (Å²) in [7, 11) is 0. The number of hydrogen-bond acceptors (Lipinski definition) is 4. The standard InChI is InChI=1S/2C8H4F3O2.2C5H5.Ti/c2*1-4(12)13-8-3-6(10)5(9)2-7(8)11;2*1-2-4-5-3-1;/h2*3H,1H3;2*1-3H,4H2;/q4*-1;+4. The van der Waals surface area contributed by atoms with Crippen LogP contribution in [0.4, 0.5) is 26.3 Å². The van der Waals surface area contributed by atoms with Gasteiger partial charge in [-0.3, -0.25) is 30.5 Å². The molecule has 2 aromatic rings. The van der Waals surface area contributed by atoms with Crippen LogP contribution in [0, 0.1) is 59.2 Å². The van der Waals surface area contributed by atoms with Crippen LogP contribution < -0.4 is 9.47 Å². The number of benzene rings is 2. The Kier molecular flexibility index (Phi) is 16.3. The zero-order valence-corrected chi connectivity index (χ0v) is 21.0. The second-order valence-electron chi connectivity index (χ2n) is 6.41. The smallest absolute Gasteiger partial charge is 0.488 e. The molecule has 0 spiro atoms. The Labute approximate surface area is 224 Å². The van der Waals surface area contributed by atoms with Crippen molar-refractivity contribution in [3.63, 3.8) is 0 Å². The molecule has 0 fully saturated rings. The first kappa shape index (κ1) is 33.6. The van der Waals surface area contributed by atoms with E-state index in [-0.39, 0.29) is 21.7 Å². The summed E-state index contributed by atoms with van der Waals surface area (Å²) in [5.41, 5.74) is 0. The van der Waals surface area contributed by atoms with Gasteiger partial charge in [0.25, 0.3) is 11.9 Å². The van der Waals surface area contributed by atoms with Gasteiger partial charge in [-0.15, -0.1) is 25.0 Å². The summed E-state index contributed by atoms with van der Waals surface area (Å²) >= 11 is 0. The van der Waals surface area contributed by atoms with Gasteiger partial charge < -0.3 is 9.47 Å². The molecule has 0 N–H and O–H groups in total. The number of carbonyl (C=O) groups excluding carboxylic acids is 2. The fourth-order valence-corrected chi connectivity index (χ4v) is 2.06. The van der Waals surface area contributed by atoms with Crippen molar-refractivity contribution in [3.8, 4) is 11.5 Å². The molecule has 2 aliphatic carbocycles. The van der Waals surface area contributed by atoms with Crippen LogP contribution in [-0.2, 0) is 31.3 Å². The summed E-state index contributed by atoms with van der Waals surface area (Å²) in [5, 5.41) is 0. The molecule has 192 valence electrons. The molecule has 0 unspecified atom stereocenters. The maximum Gasteiger partial charge on any atom is 4.00 e. The zero-order chi connectivity index (χ0) is 27.1. The summed E-state index contributed by atoms with van der Waals surface area (Å²) in [4.78, 5) is 20.7. The fourth-order valence-electron chi connectivity index (χ4n) is 2.06. The summed E-state index contributed by atoms with van der Waals surface area (Å²) in [6.07, 6.45) is 20.0. The average Bonchev–Trinajstić information content (AvgIpc) is 3.55. The molecular formula is C26H18F6O4Ti. The van der Waals surface area contributed by atoms with E-state index < -0.39 is 58.3 Å². The van der Waals surface area contributed by atoms with E-state index in [0.29, 0.717) is 12.1 Å². The molecule has 4 nitrogen and oxygen atoms in total. The van der Waals surface area contributed by atoms with Crippen LogP contribution in [0.25, 0.3) is 0 Å². The SMILES string of the molecule is CC(=O)Oc1cc(F)c(F)[c-]c1F.CC(=O)Oc1cc(F)c(F)[c-]c1F.[C-]1=CC=CC1.[C-]1=CC=CC1.[Ti+4]. The maximum absolute atomic E-state index is 12.7. The van der Waals surface area contributed by atoms with Crippen molar-refractivity contribution < 1.29 is 67.1 Å². The Morgan fingerprint density at radius 2 is 1.03 bits per heavy atom. The largest absolute Gasteiger partial charge is 4.00 e. The molecule has 11 heteroatoms. The van der Waals surface area contributed by atoms with Crippen LogP contribution in [0.15, 0.2) is 48.6 Å². The van der Waals surface area contributed by atoms with Crippen molar-refractivity contribution in [1.29, 1.82) is 0 Å². The zero-order valence-electron chi connectivity index (χ0n) is 19.4. The third-order valence-corrected chi connectivity index (χ3v) is 3.49. The van der Waals surface area contributed by atoms with E-state index in [0.717, 1.165) is 26.7 Å². The van der Waals surface area contributed by atoms with E-state index in [2.05, 4.69) is 33.8 Å². The van der Waals surface area contributed by atoms with Gasteiger partial charge in [0.05, 0.1) is 23.1 Å². The van der Waals surface area contributed by atoms with Crippen LogP contribution in [0.1, 0.15) is 26.7 Å². The van der Waals surface area contributed by atoms with Crippen LogP contribution in [0.2, 0.25) is 0 Å². The molecule has 0 amide bonds. The van der Waals surface area contributed by atoms with Crippen molar-refractivity contribution in [1.82, 2.24) is 0 Å². The van der Waals surface area contributed by atoms with E-state index in [9.17, 15) is 35.9 Å². The van der Waals surface area contributed by atoms with Gasteiger partial charge in [0.15, 0.2) is 0 Å². The van der Waals surface area contributed by atoms with Gasteiger partial charge >= 0.3 is 21.7 Å². The van der Waals surface area contributed by atoms with Crippen molar-refractivity contribution >= 4 is 11.9 Å². The fraction of sp³-hybridized carbons (Fsp3) is 0.154.